The number of Topliss-reactive ketones (excluding diaryl/α,β-unsaturated/α-hetero) is 1. The molecule has 9 heteroatoms. The molecule has 0 saturated carbocycles. The molecule has 0 spiro atoms. The van der Waals surface area contributed by atoms with Gasteiger partial charge in [0.1, 0.15) is 5.75 Å². The average Bonchev–Trinajstić information content (AvgIpc) is 3.17. The Kier molecular flexibility index (Phi) is 5.50. The lowest BCUT2D eigenvalue weighted by Gasteiger charge is -2.07. The smallest absolute Gasteiger partial charge is 0.300 e. The summed E-state index contributed by atoms with van der Waals surface area (Å²) >= 11 is 4.60. The van der Waals surface area contributed by atoms with Crippen molar-refractivity contribution in [3.63, 3.8) is 0 Å². The fraction of sp³-hybridized carbons (Fsp3) is 0.100. The van der Waals surface area contributed by atoms with Crippen LogP contribution in [0.5, 0.6) is 5.75 Å². The highest BCUT2D eigenvalue weighted by atomic mass is 79.9. The number of ether oxygens (including phenoxy) is 1. The van der Waals surface area contributed by atoms with E-state index < -0.39 is 0 Å². The van der Waals surface area contributed by atoms with Gasteiger partial charge in [0.2, 0.25) is 5.65 Å². The minimum Gasteiger partial charge on any atom is -0.497 e. The number of thioether (sulfide) groups is 1. The Labute approximate surface area is 178 Å². The molecule has 2 heterocycles. The third kappa shape index (κ3) is 3.96. The summed E-state index contributed by atoms with van der Waals surface area (Å²) in [6, 6.07) is 14.3. The molecule has 0 amide bonds. The van der Waals surface area contributed by atoms with Crippen molar-refractivity contribution in [3.8, 4) is 11.4 Å². The monoisotopic (exact) mass is 470 g/mol. The Hall–Kier alpha value is -2.91. The number of ketones is 1. The van der Waals surface area contributed by atoms with Gasteiger partial charge in [-0.15, -0.1) is 10.2 Å². The molecule has 0 fully saturated rings. The maximum absolute atomic E-state index is 12.8. The highest BCUT2D eigenvalue weighted by Gasteiger charge is 2.14. The molecule has 0 N–H and O–H groups in total. The Morgan fingerprint density at radius 2 is 1.79 bits per heavy atom. The zero-order chi connectivity index (χ0) is 20.4. The standard InChI is InChI=1S/C20H15BrN4O3S/c1-28-16-8-6-15(7-9-16)24-10-11-25-18(19(24)27)22-23-20(25)29-12-17(26)13-2-4-14(21)5-3-13/h2-11H,12H2,1H3. The van der Waals surface area contributed by atoms with Gasteiger partial charge in [0.05, 0.1) is 12.9 Å². The first-order chi connectivity index (χ1) is 14.1. The number of rotatable bonds is 6. The van der Waals surface area contributed by atoms with Crippen molar-refractivity contribution in [2.24, 2.45) is 0 Å². The number of hydrogen-bond acceptors (Lipinski definition) is 6. The van der Waals surface area contributed by atoms with E-state index >= 15 is 0 Å². The first-order valence-electron chi connectivity index (χ1n) is 8.59. The third-order valence-electron chi connectivity index (χ3n) is 4.29. The summed E-state index contributed by atoms with van der Waals surface area (Å²) in [6.07, 6.45) is 3.37. The molecule has 2 aromatic heterocycles. The molecule has 2 aromatic carbocycles. The van der Waals surface area contributed by atoms with Gasteiger partial charge >= 0.3 is 5.56 Å². The summed E-state index contributed by atoms with van der Waals surface area (Å²) in [5.41, 5.74) is 1.22. The molecule has 4 rings (SSSR count). The first-order valence-corrected chi connectivity index (χ1v) is 10.4. The van der Waals surface area contributed by atoms with Crippen LogP contribution in [0.15, 0.2) is 75.3 Å². The van der Waals surface area contributed by atoms with Crippen LogP contribution in [0.4, 0.5) is 0 Å². The first kappa shape index (κ1) is 19.4. The van der Waals surface area contributed by atoms with Crippen molar-refractivity contribution in [2.75, 3.05) is 12.9 Å². The molecule has 29 heavy (non-hydrogen) atoms. The van der Waals surface area contributed by atoms with Crippen LogP contribution >= 0.6 is 27.7 Å². The SMILES string of the molecule is COc1ccc(-n2ccn3c(SCC(=O)c4ccc(Br)cc4)nnc3c2=O)cc1. The second-order valence-electron chi connectivity index (χ2n) is 6.07. The number of halogens is 1. The van der Waals surface area contributed by atoms with Crippen molar-refractivity contribution < 1.29 is 9.53 Å². The van der Waals surface area contributed by atoms with E-state index in [0.29, 0.717) is 22.2 Å². The van der Waals surface area contributed by atoms with Gasteiger partial charge in [0.15, 0.2) is 10.9 Å². The number of aromatic nitrogens is 4. The summed E-state index contributed by atoms with van der Waals surface area (Å²) < 4.78 is 9.15. The van der Waals surface area contributed by atoms with E-state index in [1.807, 2.05) is 12.1 Å². The molecule has 0 atom stereocenters. The van der Waals surface area contributed by atoms with E-state index in [9.17, 15) is 9.59 Å². The van der Waals surface area contributed by atoms with Crippen molar-refractivity contribution >= 4 is 39.1 Å². The van der Waals surface area contributed by atoms with E-state index in [1.54, 1.807) is 60.3 Å². The fourth-order valence-electron chi connectivity index (χ4n) is 2.76. The Morgan fingerprint density at radius 3 is 2.48 bits per heavy atom. The minimum atomic E-state index is -0.295. The topological polar surface area (TPSA) is 78.5 Å². The molecule has 0 radical (unpaired) electrons. The number of carbonyl (C=O) groups is 1. The third-order valence-corrected chi connectivity index (χ3v) is 5.76. The molecule has 0 unspecified atom stereocenters. The molecular weight excluding hydrogens is 456 g/mol. The quantitative estimate of drug-likeness (QED) is 0.316. The lowest BCUT2D eigenvalue weighted by Crippen LogP contribution is -2.20. The van der Waals surface area contributed by atoms with E-state index in [-0.39, 0.29) is 22.7 Å². The molecular formula is C20H15BrN4O3S. The Balaban J connectivity index is 1.57. The summed E-state index contributed by atoms with van der Waals surface area (Å²) in [4.78, 5) is 25.2. The summed E-state index contributed by atoms with van der Waals surface area (Å²) in [7, 11) is 1.59. The van der Waals surface area contributed by atoms with Gasteiger partial charge in [-0.2, -0.15) is 0 Å². The predicted octanol–water partition coefficient (Wildman–Crippen LogP) is 3.63. The number of benzene rings is 2. The van der Waals surface area contributed by atoms with Crippen molar-refractivity contribution in [1.82, 2.24) is 19.2 Å². The van der Waals surface area contributed by atoms with E-state index in [4.69, 9.17) is 4.74 Å². The Bertz CT molecular complexity index is 1230. The normalized spacial score (nSPS) is 11.0. The lowest BCUT2D eigenvalue weighted by atomic mass is 10.2. The molecule has 0 aliphatic heterocycles. The number of methoxy groups -OCH3 is 1. The second kappa shape index (κ2) is 8.22. The molecule has 146 valence electrons. The van der Waals surface area contributed by atoms with Crippen LogP contribution in [0.1, 0.15) is 10.4 Å². The zero-order valence-electron chi connectivity index (χ0n) is 15.3. The van der Waals surface area contributed by atoms with E-state index in [1.165, 1.54) is 16.3 Å². The average molecular weight is 471 g/mol. The van der Waals surface area contributed by atoms with Crippen molar-refractivity contribution in [1.29, 1.82) is 0 Å². The highest BCUT2D eigenvalue weighted by molar-refractivity contribution is 9.10. The van der Waals surface area contributed by atoms with Gasteiger partial charge in [0.25, 0.3) is 0 Å². The summed E-state index contributed by atoms with van der Waals surface area (Å²) in [5, 5.41) is 8.59. The van der Waals surface area contributed by atoms with Gasteiger partial charge < -0.3 is 4.74 Å². The van der Waals surface area contributed by atoms with Crippen LogP contribution in [-0.4, -0.2) is 37.8 Å². The molecule has 0 bridgehead atoms. The minimum absolute atomic E-state index is 0.0224. The molecule has 7 nitrogen and oxygen atoms in total. The van der Waals surface area contributed by atoms with Gasteiger partial charge in [-0.25, -0.2) is 0 Å². The maximum Gasteiger partial charge on any atom is 0.300 e. The van der Waals surface area contributed by atoms with Crippen LogP contribution in [0.2, 0.25) is 0 Å². The highest BCUT2D eigenvalue weighted by Crippen LogP contribution is 2.19. The van der Waals surface area contributed by atoms with Crippen molar-refractivity contribution in [3.05, 3.63) is 81.3 Å². The van der Waals surface area contributed by atoms with E-state index in [0.717, 1.165) is 4.47 Å². The molecule has 0 saturated heterocycles. The van der Waals surface area contributed by atoms with Gasteiger partial charge in [-0.1, -0.05) is 39.8 Å². The van der Waals surface area contributed by atoms with Gasteiger partial charge in [0, 0.05) is 28.1 Å². The van der Waals surface area contributed by atoms with Crippen molar-refractivity contribution in [2.45, 2.75) is 5.16 Å². The van der Waals surface area contributed by atoms with Crippen LogP contribution in [0.25, 0.3) is 11.3 Å². The number of hydrogen-bond donors (Lipinski definition) is 0. The number of fused-ring (bicyclic) bond motifs is 1. The maximum atomic E-state index is 12.8. The zero-order valence-corrected chi connectivity index (χ0v) is 17.7. The predicted molar refractivity (Wildman–Crippen MR) is 114 cm³/mol. The van der Waals surface area contributed by atoms with Gasteiger partial charge in [-0.3, -0.25) is 18.6 Å². The summed E-state index contributed by atoms with van der Waals surface area (Å²) in [5.74, 6) is 0.884. The Morgan fingerprint density at radius 1 is 1.07 bits per heavy atom. The van der Waals surface area contributed by atoms with Crippen LogP contribution in [0.3, 0.4) is 0 Å². The number of nitrogens with zero attached hydrogens (tertiary/aromatic N) is 4. The van der Waals surface area contributed by atoms with Gasteiger partial charge in [-0.05, 0) is 36.4 Å². The molecule has 0 aliphatic carbocycles. The van der Waals surface area contributed by atoms with Crippen LogP contribution in [-0.2, 0) is 0 Å². The van der Waals surface area contributed by atoms with E-state index in [2.05, 4.69) is 26.1 Å². The number of carbonyl (C=O) groups excluding carboxylic acids is 1. The fourth-order valence-corrected chi connectivity index (χ4v) is 3.84. The molecule has 4 aromatic rings. The van der Waals surface area contributed by atoms with Crippen LogP contribution < -0.4 is 10.3 Å². The largest absolute Gasteiger partial charge is 0.497 e. The molecule has 0 aliphatic rings. The van der Waals surface area contributed by atoms with Crippen LogP contribution in [0, 0.1) is 0 Å². The summed E-state index contributed by atoms with van der Waals surface area (Å²) in [6.45, 7) is 0. The second-order valence-corrected chi connectivity index (χ2v) is 7.92. The lowest BCUT2D eigenvalue weighted by molar-refractivity contribution is 0.102.